The van der Waals surface area contributed by atoms with Crippen molar-refractivity contribution in [1.82, 2.24) is 0 Å². The third-order valence-electron chi connectivity index (χ3n) is 0.289. The molecule has 0 aromatic carbocycles. The smallest absolute Gasteiger partial charge is 0 e. The Morgan fingerprint density at radius 2 is 1.80 bits per heavy atom. The molecule has 0 bridgehead atoms. The van der Waals surface area contributed by atoms with Crippen LogP contribution in [0.2, 0.25) is 0 Å². The minimum absolute atomic E-state index is 0. The number of hydrogen-bond donors (Lipinski definition) is 1. The van der Waals surface area contributed by atoms with Gasteiger partial charge in [-0.15, -0.1) is 0 Å². The van der Waals surface area contributed by atoms with Gasteiger partial charge in [-0.1, -0.05) is 6.92 Å². The molecule has 0 aromatic rings. The zero-order chi connectivity index (χ0) is 3.41. The van der Waals surface area contributed by atoms with Crippen LogP contribution in [0.15, 0.2) is 0 Å². The molecule has 0 aromatic heterocycles. The summed E-state index contributed by atoms with van der Waals surface area (Å²) in [5, 5.41) is 0. The van der Waals surface area contributed by atoms with E-state index in [-0.39, 0.29) is 21.7 Å². The average molecular weight is 107 g/mol. The van der Waals surface area contributed by atoms with E-state index in [1.54, 1.807) is 0 Å². The molecule has 0 aliphatic rings. The van der Waals surface area contributed by atoms with Crippen molar-refractivity contribution in [3.63, 3.8) is 0 Å². The fourth-order valence-electron chi connectivity index (χ4n) is 0. The molecule has 2 N–H and O–H groups in total. The van der Waals surface area contributed by atoms with Crippen molar-refractivity contribution in [3.8, 4) is 0 Å². The van der Waals surface area contributed by atoms with E-state index < -0.39 is 0 Å². The standard InChI is InChI=1S/C3H9N.Ti/c1-2-3-4;/h2-4H2,1H3;. The summed E-state index contributed by atoms with van der Waals surface area (Å²) in [5.41, 5.74) is 5.03. The van der Waals surface area contributed by atoms with Gasteiger partial charge in [-0.3, -0.25) is 0 Å². The Balaban J connectivity index is 0. The number of rotatable bonds is 1. The third kappa shape index (κ3) is 11.9. The van der Waals surface area contributed by atoms with E-state index in [1.807, 2.05) is 0 Å². The van der Waals surface area contributed by atoms with Crippen LogP contribution in [-0.2, 0) is 21.7 Å². The van der Waals surface area contributed by atoms with Crippen LogP contribution in [0, 0.1) is 0 Å². The van der Waals surface area contributed by atoms with E-state index in [1.165, 1.54) is 0 Å². The maximum atomic E-state index is 5.03. The van der Waals surface area contributed by atoms with Crippen molar-refractivity contribution < 1.29 is 21.7 Å². The zero-order valence-corrected chi connectivity index (χ0v) is 5.05. The molecule has 1 nitrogen and oxygen atoms in total. The zero-order valence-electron chi connectivity index (χ0n) is 3.49. The molecule has 0 aliphatic carbocycles. The van der Waals surface area contributed by atoms with E-state index >= 15 is 0 Å². The van der Waals surface area contributed by atoms with Crippen molar-refractivity contribution in [3.05, 3.63) is 0 Å². The maximum Gasteiger partial charge on any atom is 0 e. The van der Waals surface area contributed by atoms with Crippen molar-refractivity contribution in [2.24, 2.45) is 5.73 Å². The number of nitrogens with two attached hydrogens (primary N) is 1. The molecule has 0 saturated heterocycles. The van der Waals surface area contributed by atoms with Gasteiger partial charge in [-0.05, 0) is 13.0 Å². The van der Waals surface area contributed by atoms with Gasteiger partial charge in [0.15, 0.2) is 0 Å². The van der Waals surface area contributed by atoms with Crippen molar-refractivity contribution in [2.75, 3.05) is 6.54 Å². The van der Waals surface area contributed by atoms with Gasteiger partial charge in [0.1, 0.15) is 0 Å². The van der Waals surface area contributed by atoms with Gasteiger partial charge in [0, 0.05) is 21.7 Å². The predicted octanol–water partition coefficient (Wildman–Crippen LogP) is 0.353. The molecule has 0 saturated carbocycles. The molecule has 0 aliphatic heterocycles. The molecule has 0 atom stereocenters. The van der Waals surface area contributed by atoms with Crippen LogP contribution in [0.3, 0.4) is 0 Å². The molecule has 0 radical (unpaired) electrons. The van der Waals surface area contributed by atoms with Crippen LogP contribution in [0.5, 0.6) is 0 Å². The second-order valence-electron chi connectivity index (χ2n) is 0.789. The first-order chi connectivity index (χ1) is 1.91. The van der Waals surface area contributed by atoms with Gasteiger partial charge in [-0.25, -0.2) is 0 Å². The van der Waals surface area contributed by atoms with Gasteiger partial charge >= 0.3 is 0 Å². The summed E-state index contributed by atoms with van der Waals surface area (Å²) in [7, 11) is 0. The van der Waals surface area contributed by atoms with Gasteiger partial charge < -0.3 is 5.73 Å². The summed E-state index contributed by atoms with van der Waals surface area (Å²) in [6, 6.07) is 0. The van der Waals surface area contributed by atoms with Gasteiger partial charge in [-0.2, -0.15) is 0 Å². The summed E-state index contributed by atoms with van der Waals surface area (Å²) < 4.78 is 0. The largest absolute Gasteiger partial charge is 0.330 e. The first-order valence-corrected chi connectivity index (χ1v) is 1.62. The molecule has 2 heteroatoms. The van der Waals surface area contributed by atoms with Crippen molar-refractivity contribution in [1.29, 1.82) is 0 Å². The van der Waals surface area contributed by atoms with Crippen LogP contribution in [-0.4, -0.2) is 6.54 Å². The molecule has 0 amide bonds. The minimum Gasteiger partial charge on any atom is -0.330 e. The second-order valence-corrected chi connectivity index (χ2v) is 0.789. The number of hydrogen-bond acceptors (Lipinski definition) is 1. The monoisotopic (exact) mass is 107 g/mol. The van der Waals surface area contributed by atoms with Gasteiger partial charge in [0.25, 0.3) is 0 Å². The summed E-state index contributed by atoms with van der Waals surface area (Å²) in [4.78, 5) is 0. The Morgan fingerprint density at radius 1 is 1.60 bits per heavy atom. The van der Waals surface area contributed by atoms with Gasteiger partial charge in [0.05, 0.1) is 0 Å². The Kier molecular flexibility index (Phi) is 16.2. The van der Waals surface area contributed by atoms with Crippen molar-refractivity contribution in [2.45, 2.75) is 13.3 Å². The molecule has 5 heavy (non-hydrogen) atoms. The molecule has 30 valence electrons. The topological polar surface area (TPSA) is 26.0 Å². The fourth-order valence-corrected chi connectivity index (χ4v) is 0. The molecule has 0 spiro atoms. The molecular weight excluding hydrogens is 97.9 g/mol. The summed E-state index contributed by atoms with van der Waals surface area (Å²) in [6.07, 6.45) is 1.10. The second kappa shape index (κ2) is 8.82. The maximum absolute atomic E-state index is 5.03. The average Bonchev–Trinajstić information content (AvgIpc) is 1.37. The Bertz CT molecular complexity index is 8.85. The summed E-state index contributed by atoms with van der Waals surface area (Å²) in [6.45, 7) is 2.88. The molecule has 0 rings (SSSR count). The fraction of sp³-hybridized carbons (Fsp3) is 1.00. The van der Waals surface area contributed by atoms with E-state index in [4.69, 9.17) is 5.73 Å². The molecular formula is C3H9NTi. The van der Waals surface area contributed by atoms with E-state index in [0.29, 0.717) is 0 Å². The minimum atomic E-state index is 0. The molecule has 0 heterocycles. The Labute approximate surface area is 47.8 Å². The van der Waals surface area contributed by atoms with Crippen LogP contribution in [0.25, 0.3) is 0 Å². The third-order valence-corrected chi connectivity index (χ3v) is 0.289. The summed E-state index contributed by atoms with van der Waals surface area (Å²) in [5.74, 6) is 0. The first-order valence-electron chi connectivity index (χ1n) is 1.62. The first kappa shape index (κ1) is 9.18. The van der Waals surface area contributed by atoms with Gasteiger partial charge in [0.2, 0.25) is 0 Å². The molecule has 0 fully saturated rings. The van der Waals surface area contributed by atoms with E-state index in [0.717, 1.165) is 13.0 Å². The van der Waals surface area contributed by atoms with Crippen molar-refractivity contribution >= 4 is 0 Å². The van der Waals surface area contributed by atoms with E-state index in [9.17, 15) is 0 Å². The van der Waals surface area contributed by atoms with Crippen LogP contribution in [0.4, 0.5) is 0 Å². The normalized spacial score (nSPS) is 6.00. The quantitative estimate of drug-likeness (QED) is 0.481. The molecule has 0 unspecified atom stereocenters. The predicted molar refractivity (Wildman–Crippen MR) is 19.3 cm³/mol. The Hall–Kier alpha value is 0.674. The van der Waals surface area contributed by atoms with E-state index in [2.05, 4.69) is 6.92 Å². The Morgan fingerprint density at radius 3 is 1.80 bits per heavy atom. The SMILES string of the molecule is CCCN.[Ti]. The van der Waals surface area contributed by atoms with Crippen LogP contribution < -0.4 is 5.73 Å². The summed E-state index contributed by atoms with van der Waals surface area (Å²) >= 11 is 0. The van der Waals surface area contributed by atoms with Crippen LogP contribution >= 0.6 is 0 Å². The van der Waals surface area contributed by atoms with Crippen LogP contribution in [0.1, 0.15) is 13.3 Å².